The van der Waals surface area contributed by atoms with Gasteiger partial charge in [-0.25, -0.2) is 4.98 Å². The van der Waals surface area contributed by atoms with Crippen LogP contribution in [0.5, 0.6) is 17.4 Å². The van der Waals surface area contributed by atoms with Gasteiger partial charge in [-0.3, -0.25) is 4.99 Å². The molecule has 8 heteroatoms. The highest BCUT2D eigenvalue weighted by molar-refractivity contribution is 14.0. The van der Waals surface area contributed by atoms with Crippen molar-refractivity contribution in [1.82, 2.24) is 15.6 Å². The van der Waals surface area contributed by atoms with Crippen LogP contribution in [-0.2, 0) is 11.3 Å². The van der Waals surface area contributed by atoms with E-state index in [2.05, 4.69) is 34.5 Å². The lowest BCUT2D eigenvalue weighted by Gasteiger charge is -2.13. The van der Waals surface area contributed by atoms with E-state index in [0.29, 0.717) is 36.4 Å². The monoisotopic (exact) mass is 542 g/mol. The molecule has 0 unspecified atom stereocenters. The topological polar surface area (TPSA) is 77.0 Å². The summed E-state index contributed by atoms with van der Waals surface area (Å²) in [7, 11) is 1.76. The minimum Gasteiger partial charge on any atom is -0.490 e. The van der Waals surface area contributed by atoms with Crippen molar-refractivity contribution in [3.05, 3.63) is 48.2 Å². The van der Waals surface area contributed by atoms with Crippen molar-refractivity contribution in [2.24, 2.45) is 10.9 Å². The first kappa shape index (κ1) is 27.0. The molecule has 0 amide bonds. The molecule has 0 atom stereocenters. The maximum absolute atomic E-state index is 5.86. The lowest BCUT2D eigenvalue weighted by Crippen LogP contribution is -2.37. The third-order valence-electron chi connectivity index (χ3n) is 4.05. The molecule has 0 saturated carbocycles. The Bertz CT molecular complexity index is 770. The van der Waals surface area contributed by atoms with Crippen LogP contribution in [0.2, 0.25) is 0 Å². The van der Waals surface area contributed by atoms with Gasteiger partial charge in [-0.1, -0.05) is 32.0 Å². The number of pyridine rings is 1. The van der Waals surface area contributed by atoms with Gasteiger partial charge in [0.05, 0.1) is 6.61 Å². The number of aromatic nitrogens is 1. The second kappa shape index (κ2) is 15.7. The van der Waals surface area contributed by atoms with Crippen molar-refractivity contribution in [3.8, 4) is 17.4 Å². The summed E-state index contributed by atoms with van der Waals surface area (Å²) in [6, 6.07) is 11.4. The summed E-state index contributed by atoms with van der Waals surface area (Å²) in [4.78, 5) is 8.64. The fraction of sp³-hybridized carbons (Fsp3) is 0.478. The number of ether oxygens (including phenoxy) is 3. The number of hydrogen-bond acceptors (Lipinski definition) is 5. The Morgan fingerprint density at radius 2 is 1.87 bits per heavy atom. The molecule has 2 N–H and O–H groups in total. The fourth-order valence-corrected chi connectivity index (χ4v) is 2.60. The Morgan fingerprint density at radius 3 is 2.52 bits per heavy atom. The van der Waals surface area contributed by atoms with Crippen molar-refractivity contribution in [2.45, 2.75) is 33.7 Å². The lowest BCUT2D eigenvalue weighted by molar-refractivity contribution is 0.108. The highest BCUT2D eigenvalue weighted by Crippen LogP contribution is 2.30. The number of nitrogens with one attached hydrogen (secondary N) is 2. The van der Waals surface area contributed by atoms with Crippen LogP contribution in [0, 0.1) is 5.92 Å². The first-order valence-electron chi connectivity index (χ1n) is 10.5. The summed E-state index contributed by atoms with van der Waals surface area (Å²) in [5, 5.41) is 6.58. The SMILES string of the molecule is CCOc1ccccc1Oc1ccc(CNC(=NC)NCCCOCC(C)C)cn1.I. The Hall–Kier alpha value is -2.07. The van der Waals surface area contributed by atoms with Gasteiger partial charge < -0.3 is 24.8 Å². The van der Waals surface area contributed by atoms with Crippen LogP contribution >= 0.6 is 24.0 Å². The van der Waals surface area contributed by atoms with Gasteiger partial charge in [0.15, 0.2) is 17.5 Å². The van der Waals surface area contributed by atoms with E-state index in [1.807, 2.05) is 43.3 Å². The van der Waals surface area contributed by atoms with Gasteiger partial charge >= 0.3 is 0 Å². The number of para-hydroxylation sites is 2. The molecule has 0 fully saturated rings. The number of hydrogen-bond donors (Lipinski definition) is 2. The smallest absolute Gasteiger partial charge is 0.219 e. The van der Waals surface area contributed by atoms with E-state index in [-0.39, 0.29) is 24.0 Å². The van der Waals surface area contributed by atoms with Gasteiger partial charge in [-0.15, -0.1) is 24.0 Å². The predicted octanol–water partition coefficient (Wildman–Crippen LogP) is 4.62. The summed E-state index contributed by atoms with van der Waals surface area (Å²) in [5.41, 5.74) is 1.03. The molecule has 0 radical (unpaired) electrons. The second-order valence-electron chi connectivity index (χ2n) is 7.16. The van der Waals surface area contributed by atoms with Crippen molar-refractivity contribution in [3.63, 3.8) is 0 Å². The van der Waals surface area contributed by atoms with Gasteiger partial charge in [-0.2, -0.15) is 0 Å². The molecule has 2 aromatic rings. The summed E-state index contributed by atoms with van der Waals surface area (Å²) < 4.78 is 17.0. The van der Waals surface area contributed by atoms with E-state index < -0.39 is 0 Å². The van der Waals surface area contributed by atoms with E-state index in [4.69, 9.17) is 14.2 Å². The quantitative estimate of drug-likeness (QED) is 0.177. The molecule has 0 aliphatic rings. The predicted molar refractivity (Wildman–Crippen MR) is 136 cm³/mol. The summed E-state index contributed by atoms with van der Waals surface area (Å²) >= 11 is 0. The Kier molecular flexibility index (Phi) is 13.6. The molecular formula is C23H35IN4O3. The van der Waals surface area contributed by atoms with E-state index >= 15 is 0 Å². The molecule has 0 spiro atoms. The molecule has 31 heavy (non-hydrogen) atoms. The van der Waals surface area contributed by atoms with Gasteiger partial charge in [0, 0.05) is 45.6 Å². The largest absolute Gasteiger partial charge is 0.490 e. The number of halogens is 1. The Labute approximate surface area is 203 Å². The highest BCUT2D eigenvalue weighted by atomic mass is 127. The van der Waals surface area contributed by atoms with Gasteiger partial charge in [0.2, 0.25) is 5.88 Å². The molecule has 0 aliphatic heterocycles. The van der Waals surface area contributed by atoms with Crippen molar-refractivity contribution in [1.29, 1.82) is 0 Å². The van der Waals surface area contributed by atoms with Crippen LogP contribution in [0.1, 0.15) is 32.8 Å². The molecule has 1 heterocycles. The molecule has 172 valence electrons. The minimum absolute atomic E-state index is 0. The summed E-state index contributed by atoms with van der Waals surface area (Å²) in [6.07, 6.45) is 2.73. The first-order chi connectivity index (χ1) is 14.6. The van der Waals surface area contributed by atoms with E-state index in [0.717, 1.165) is 37.7 Å². The van der Waals surface area contributed by atoms with Gasteiger partial charge in [0.1, 0.15) is 0 Å². The average Bonchev–Trinajstić information content (AvgIpc) is 2.75. The first-order valence-corrected chi connectivity index (χ1v) is 10.5. The average molecular weight is 542 g/mol. The normalized spacial score (nSPS) is 11.1. The zero-order chi connectivity index (χ0) is 21.6. The van der Waals surface area contributed by atoms with Crippen LogP contribution in [0.4, 0.5) is 0 Å². The highest BCUT2D eigenvalue weighted by Gasteiger charge is 2.06. The Balaban J connectivity index is 0.00000480. The number of nitrogens with zero attached hydrogens (tertiary/aromatic N) is 2. The van der Waals surface area contributed by atoms with E-state index in [1.54, 1.807) is 13.2 Å². The third kappa shape index (κ3) is 10.7. The standard InChI is InChI=1S/C23H34N4O3.HI/c1-5-29-20-9-6-7-10-21(20)30-22-12-11-19(15-26-22)16-27-23(24-4)25-13-8-14-28-17-18(2)3;/h6-7,9-12,15,18H,5,8,13-14,16-17H2,1-4H3,(H2,24,25,27);1H. The van der Waals surface area contributed by atoms with Crippen LogP contribution < -0.4 is 20.1 Å². The van der Waals surface area contributed by atoms with Crippen LogP contribution in [0.25, 0.3) is 0 Å². The molecule has 0 bridgehead atoms. The molecule has 1 aromatic heterocycles. The van der Waals surface area contributed by atoms with Crippen molar-refractivity contribution in [2.75, 3.05) is 33.4 Å². The maximum Gasteiger partial charge on any atom is 0.219 e. The summed E-state index contributed by atoms with van der Waals surface area (Å²) in [5.74, 6) is 3.20. The zero-order valence-electron chi connectivity index (χ0n) is 18.9. The van der Waals surface area contributed by atoms with Crippen LogP contribution in [0.15, 0.2) is 47.6 Å². The maximum atomic E-state index is 5.86. The third-order valence-corrected chi connectivity index (χ3v) is 4.05. The number of guanidine groups is 1. The van der Waals surface area contributed by atoms with E-state index in [9.17, 15) is 0 Å². The number of benzene rings is 1. The fourth-order valence-electron chi connectivity index (χ4n) is 2.60. The molecule has 7 nitrogen and oxygen atoms in total. The van der Waals surface area contributed by atoms with Gasteiger partial charge in [0.25, 0.3) is 0 Å². The molecule has 0 aliphatic carbocycles. The second-order valence-corrected chi connectivity index (χ2v) is 7.16. The Morgan fingerprint density at radius 1 is 1.10 bits per heavy atom. The number of aliphatic imine (C=N–C) groups is 1. The van der Waals surface area contributed by atoms with Crippen LogP contribution in [-0.4, -0.2) is 44.4 Å². The molecule has 0 saturated heterocycles. The van der Waals surface area contributed by atoms with Crippen molar-refractivity contribution >= 4 is 29.9 Å². The van der Waals surface area contributed by atoms with Gasteiger partial charge in [-0.05, 0) is 37.0 Å². The zero-order valence-corrected chi connectivity index (χ0v) is 21.2. The van der Waals surface area contributed by atoms with Crippen molar-refractivity contribution < 1.29 is 14.2 Å². The van der Waals surface area contributed by atoms with Crippen LogP contribution in [0.3, 0.4) is 0 Å². The summed E-state index contributed by atoms with van der Waals surface area (Å²) in [6.45, 7) is 9.80. The molecule has 2 rings (SSSR count). The minimum atomic E-state index is 0. The molecule has 1 aromatic carbocycles. The van der Waals surface area contributed by atoms with E-state index in [1.165, 1.54) is 0 Å². The molecular weight excluding hydrogens is 507 g/mol. The number of rotatable bonds is 12. The lowest BCUT2D eigenvalue weighted by atomic mass is 10.2.